The molecule has 0 aromatic carbocycles. The maximum absolute atomic E-state index is 11.9. The monoisotopic (exact) mass is 334 g/mol. The molecule has 0 saturated heterocycles. The molecule has 7 nitrogen and oxygen atoms in total. The van der Waals surface area contributed by atoms with Crippen LogP contribution in [-0.2, 0) is 19.6 Å². The summed E-state index contributed by atoms with van der Waals surface area (Å²) in [6.07, 6.45) is 0.567. The fraction of sp³-hybridized carbons (Fsp3) is 0.500. The van der Waals surface area contributed by atoms with E-state index in [1.807, 2.05) is 6.92 Å². The molecule has 1 rings (SSSR count). The number of rotatable bonds is 9. The maximum Gasteiger partial charge on any atom is 0.323 e. The number of carbonyl (C=O) groups excluding carboxylic acids is 1. The van der Waals surface area contributed by atoms with E-state index in [0.29, 0.717) is 13.0 Å². The van der Waals surface area contributed by atoms with Crippen LogP contribution in [0.5, 0.6) is 0 Å². The summed E-state index contributed by atoms with van der Waals surface area (Å²) in [5.41, 5.74) is 0. The predicted octanol–water partition coefficient (Wildman–Crippen LogP) is 0.740. The van der Waals surface area contributed by atoms with Crippen LogP contribution in [-0.4, -0.2) is 49.9 Å². The summed E-state index contributed by atoms with van der Waals surface area (Å²) in [5.74, 6) is -1.47. The zero-order valence-electron chi connectivity index (χ0n) is 11.6. The molecule has 0 aliphatic rings. The summed E-state index contributed by atoms with van der Waals surface area (Å²) in [5, 5.41) is 10.4. The zero-order valence-corrected chi connectivity index (χ0v) is 13.2. The molecule has 0 aliphatic carbocycles. The van der Waals surface area contributed by atoms with Gasteiger partial charge in [0, 0.05) is 19.5 Å². The van der Waals surface area contributed by atoms with Crippen LogP contribution in [0.2, 0.25) is 0 Å². The van der Waals surface area contributed by atoms with Gasteiger partial charge in [-0.05, 0) is 17.9 Å². The molecule has 1 aromatic heterocycles. The van der Waals surface area contributed by atoms with Gasteiger partial charge in [-0.2, -0.15) is 0 Å². The van der Waals surface area contributed by atoms with Gasteiger partial charge in [-0.25, -0.2) is 13.1 Å². The van der Waals surface area contributed by atoms with Crippen molar-refractivity contribution in [2.24, 2.45) is 0 Å². The van der Waals surface area contributed by atoms with Crippen molar-refractivity contribution < 1.29 is 23.1 Å². The summed E-state index contributed by atoms with van der Waals surface area (Å²) in [4.78, 5) is 23.8. The van der Waals surface area contributed by atoms with E-state index in [2.05, 4.69) is 4.72 Å². The smallest absolute Gasteiger partial charge is 0.323 e. The Morgan fingerprint density at radius 2 is 2.14 bits per heavy atom. The molecule has 118 valence electrons. The van der Waals surface area contributed by atoms with Crippen LogP contribution in [0.4, 0.5) is 0 Å². The van der Waals surface area contributed by atoms with Crippen molar-refractivity contribution >= 4 is 33.2 Å². The molecular weight excluding hydrogens is 316 g/mol. The molecule has 0 bridgehead atoms. The minimum absolute atomic E-state index is 0.0566. The van der Waals surface area contributed by atoms with Crippen molar-refractivity contribution in [2.45, 2.75) is 24.0 Å². The van der Waals surface area contributed by atoms with Crippen LogP contribution >= 0.6 is 11.3 Å². The highest BCUT2D eigenvalue weighted by atomic mass is 32.2. The average molecular weight is 334 g/mol. The first kappa shape index (κ1) is 17.6. The van der Waals surface area contributed by atoms with Gasteiger partial charge in [0.15, 0.2) is 0 Å². The number of sulfonamides is 1. The molecule has 0 saturated carbocycles. The number of thiophene rings is 1. The first-order chi connectivity index (χ1) is 9.86. The number of carboxylic acids is 1. The van der Waals surface area contributed by atoms with E-state index in [0.717, 1.165) is 11.3 Å². The van der Waals surface area contributed by atoms with Crippen molar-refractivity contribution in [2.75, 3.05) is 19.6 Å². The third-order valence-electron chi connectivity index (χ3n) is 2.56. The number of nitrogens with zero attached hydrogens (tertiary/aromatic N) is 1. The Morgan fingerprint density at radius 1 is 1.43 bits per heavy atom. The van der Waals surface area contributed by atoms with Gasteiger partial charge in [0.25, 0.3) is 0 Å². The topological polar surface area (TPSA) is 104 Å². The molecule has 1 heterocycles. The lowest BCUT2D eigenvalue weighted by molar-refractivity contribution is -0.144. The summed E-state index contributed by atoms with van der Waals surface area (Å²) < 4.78 is 26.2. The summed E-state index contributed by atoms with van der Waals surface area (Å²) in [6.45, 7) is 1.74. The van der Waals surface area contributed by atoms with Crippen molar-refractivity contribution in [3.8, 4) is 0 Å². The number of aliphatic carboxylic acids is 1. The van der Waals surface area contributed by atoms with E-state index in [1.165, 1.54) is 11.0 Å². The van der Waals surface area contributed by atoms with Gasteiger partial charge < -0.3 is 10.0 Å². The normalized spacial score (nSPS) is 11.3. The fourth-order valence-electron chi connectivity index (χ4n) is 1.66. The van der Waals surface area contributed by atoms with Gasteiger partial charge >= 0.3 is 5.97 Å². The lowest BCUT2D eigenvalue weighted by Gasteiger charge is -2.19. The molecule has 9 heteroatoms. The van der Waals surface area contributed by atoms with E-state index in [4.69, 9.17) is 5.11 Å². The second-order valence-electron chi connectivity index (χ2n) is 4.29. The van der Waals surface area contributed by atoms with Crippen LogP contribution in [0.25, 0.3) is 0 Å². The highest BCUT2D eigenvalue weighted by Crippen LogP contribution is 2.15. The van der Waals surface area contributed by atoms with Crippen LogP contribution in [0.1, 0.15) is 19.8 Å². The Bertz CT molecular complexity index is 568. The van der Waals surface area contributed by atoms with Crippen molar-refractivity contribution in [3.63, 3.8) is 0 Å². The molecular formula is C12H18N2O5S2. The third-order valence-corrected chi connectivity index (χ3v) is 5.42. The predicted molar refractivity (Wildman–Crippen MR) is 78.6 cm³/mol. The number of carboxylic acid groups (broad SMARTS) is 1. The standard InChI is InChI=1S/C12H18N2O5S2/c1-2-7-14(9-11(16)17)10(15)5-6-13-21(18,19)12-4-3-8-20-12/h3-4,8,13H,2,5-7,9H2,1H3,(H,16,17). The van der Waals surface area contributed by atoms with Crippen molar-refractivity contribution in [3.05, 3.63) is 17.5 Å². The Balaban J connectivity index is 2.50. The molecule has 0 radical (unpaired) electrons. The molecule has 2 N–H and O–H groups in total. The van der Waals surface area contributed by atoms with Crippen LogP contribution in [0.3, 0.4) is 0 Å². The van der Waals surface area contributed by atoms with E-state index < -0.39 is 16.0 Å². The minimum Gasteiger partial charge on any atom is -0.480 e. The quantitative estimate of drug-likeness (QED) is 0.693. The average Bonchev–Trinajstić information content (AvgIpc) is 2.92. The Labute approximate surface area is 127 Å². The highest BCUT2D eigenvalue weighted by molar-refractivity contribution is 7.91. The van der Waals surface area contributed by atoms with E-state index >= 15 is 0 Å². The van der Waals surface area contributed by atoms with Gasteiger partial charge in [0.1, 0.15) is 10.8 Å². The SMILES string of the molecule is CCCN(CC(=O)O)C(=O)CCNS(=O)(=O)c1cccs1. The van der Waals surface area contributed by atoms with Crippen molar-refractivity contribution in [1.82, 2.24) is 9.62 Å². The summed E-state index contributed by atoms with van der Waals surface area (Å²) in [6, 6.07) is 3.10. The molecule has 0 spiro atoms. The van der Waals surface area contributed by atoms with E-state index in [9.17, 15) is 18.0 Å². The highest BCUT2D eigenvalue weighted by Gasteiger charge is 2.18. The van der Waals surface area contributed by atoms with Gasteiger partial charge in [0.2, 0.25) is 15.9 Å². The van der Waals surface area contributed by atoms with E-state index in [1.54, 1.807) is 11.4 Å². The number of carbonyl (C=O) groups is 2. The van der Waals surface area contributed by atoms with E-state index in [-0.39, 0.29) is 29.6 Å². The number of hydrogen-bond acceptors (Lipinski definition) is 5. The maximum atomic E-state index is 11.9. The molecule has 21 heavy (non-hydrogen) atoms. The first-order valence-corrected chi connectivity index (χ1v) is 8.76. The second kappa shape index (κ2) is 8.11. The Kier molecular flexibility index (Phi) is 6.79. The van der Waals surface area contributed by atoms with Crippen LogP contribution in [0.15, 0.2) is 21.7 Å². The molecule has 0 unspecified atom stereocenters. The lowest BCUT2D eigenvalue weighted by Crippen LogP contribution is -2.38. The van der Waals surface area contributed by atoms with Gasteiger partial charge in [-0.3, -0.25) is 9.59 Å². The minimum atomic E-state index is -3.59. The number of hydrogen-bond donors (Lipinski definition) is 2. The van der Waals surface area contributed by atoms with Gasteiger partial charge in [-0.1, -0.05) is 13.0 Å². The molecule has 1 amide bonds. The van der Waals surface area contributed by atoms with Crippen molar-refractivity contribution in [1.29, 1.82) is 0 Å². The summed E-state index contributed by atoms with van der Waals surface area (Å²) >= 11 is 1.09. The molecule has 0 atom stereocenters. The van der Waals surface area contributed by atoms with Gasteiger partial charge in [0.05, 0.1) is 0 Å². The Morgan fingerprint density at radius 3 is 2.67 bits per heavy atom. The van der Waals surface area contributed by atoms with Crippen LogP contribution < -0.4 is 4.72 Å². The van der Waals surface area contributed by atoms with Crippen LogP contribution in [0, 0.1) is 0 Å². The Hall–Kier alpha value is -1.45. The largest absolute Gasteiger partial charge is 0.480 e. The third kappa shape index (κ3) is 5.82. The number of nitrogens with one attached hydrogen (secondary N) is 1. The fourth-order valence-corrected chi connectivity index (χ4v) is 3.73. The number of amides is 1. The summed E-state index contributed by atoms with van der Waals surface area (Å²) in [7, 11) is -3.59. The lowest BCUT2D eigenvalue weighted by atomic mass is 10.3. The van der Waals surface area contributed by atoms with Gasteiger partial charge in [-0.15, -0.1) is 11.3 Å². The molecule has 0 fully saturated rings. The second-order valence-corrected chi connectivity index (χ2v) is 7.23. The molecule has 1 aromatic rings. The zero-order chi connectivity index (χ0) is 15.9. The first-order valence-electron chi connectivity index (χ1n) is 6.39. The molecule has 0 aliphatic heterocycles.